The van der Waals surface area contributed by atoms with E-state index in [0.717, 1.165) is 0 Å². The molecule has 0 aromatic heterocycles. The van der Waals surface area contributed by atoms with Crippen molar-refractivity contribution in [3.63, 3.8) is 0 Å². The molecule has 0 unspecified atom stereocenters. The molecule has 0 spiro atoms. The third-order valence-electron chi connectivity index (χ3n) is 1.33. The summed E-state index contributed by atoms with van der Waals surface area (Å²) in [4.78, 5) is 22.0. The van der Waals surface area contributed by atoms with Gasteiger partial charge in [-0.3, -0.25) is 4.79 Å². The number of guanidine groups is 1. The maximum Gasteiger partial charge on any atom is 0.301 e. The number of hydrogen-bond donors (Lipinski definition) is 1. The molecule has 0 aromatic rings. The minimum absolute atomic E-state index is 0.00417. The van der Waals surface area contributed by atoms with Gasteiger partial charge in [0.15, 0.2) is 5.71 Å². The van der Waals surface area contributed by atoms with E-state index in [1.807, 2.05) is 0 Å². The van der Waals surface area contributed by atoms with E-state index in [2.05, 4.69) is 15.0 Å². The lowest BCUT2D eigenvalue weighted by molar-refractivity contribution is -0.111. The van der Waals surface area contributed by atoms with E-state index < -0.39 is 5.91 Å². The number of hydrogen-bond acceptors (Lipinski definition) is 4. The van der Waals surface area contributed by atoms with Gasteiger partial charge in [0.25, 0.3) is 0 Å². The molecule has 54 valence electrons. The zero-order valence-electron chi connectivity index (χ0n) is 5.48. The lowest BCUT2D eigenvalue weighted by Crippen LogP contribution is -2.28. The lowest BCUT2D eigenvalue weighted by atomic mass is 10.2. The van der Waals surface area contributed by atoms with Crippen molar-refractivity contribution >= 4 is 23.3 Å². The Bertz CT molecular complexity index is 348. The summed E-state index contributed by atoms with van der Waals surface area (Å²) in [6.07, 6.45) is 3.12. The second kappa shape index (κ2) is 1.85. The summed E-state index contributed by atoms with van der Waals surface area (Å²) in [6.45, 7) is 0. The van der Waals surface area contributed by atoms with Crippen LogP contribution in [0.4, 0.5) is 0 Å². The summed E-state index contributed by atoms with van der Waals surface area (Å²) in [5.41, 5.74) is 6.01. The molecule has 11 heavy (non-hydrogen) atoms. The number of amides is 1. The fourth-order valence-electron chi connectivity index (χ4n) is 0.888. The molecule has 5 heteroatoms. The summed E-state index contributed by atoms with van der Waals surface area (Å²) in [7, 11) is 0. The molecule has 0 saturated heterocycles. The minimum Gasteiger partial charge on any atom is -0.368 e. The van der Waals surface area contributed by atoms with E-state index in [0.29, 0.717) is 5.71 Å². The van der Waals surface area contributed by atoms with E-state index in [1.165, 1.54) is 6.20 Å². The van der Waals surface area contributed by atoms with Crippen LogP contribution >= 0.6 is 0 Å². The van der Waals surface area contributed by atoms with E-state index >= 15 is 0 Å². The Hall–Kier alpha value is -1.78. The molecule has 0 fully saturated rings. The highest BCUT2D eigenvalue weighted by Crippen LogP contribution is 2.04. The fourth-order valence-corrected chi connectivity index (χ4v) is 0.888. The normalized spacial score (nSPS) is 20.7. The van der Waals surface area contributed by atoms with Crippen LogP contribution in [0.2, 0.25) is 0 Å². The minimum atomic E-state index is -0.419. The summed E-state index contributed by atoms with van der Waals surface area (Å²) in [5.74, 6) is -0.423. The van der Waals surface area contributed by atoms with Gasteiger partial charge >= 0.3 is 5.91 Å². The molecule has 0 radical (unpaired) electrons. The number of carbonyl (C=O) groups is 1. The molecule has 0 atom stereocenters. The Morgan fingerprint density at radius 1 is 1.36 bits per heavy atom. The highest BCUT2D eigenvalue weighted by atomic mass is 16.1. The Kier molecular flexibility index (Phi) is 1.00. The number of rotatable bonds is 0. The van der Waals surface area contributed by atoms with Gasteiger partial charge in [0, 0.05) is 6.20 Å². The number of nitrogens with zero attached hydrogens (tertiary/aromatic N) is 3. The largest absolute Gasteiger partial charge is 0.368 e. The van der Waals surface area contributed by atoms with Crippen molar-refractivity contribution in [2.75, 3.05) is 0 Å². The molecule has 0 saturated carbocycles. The van der Waals surface area contributed by atoms with Crippen molar-refractivity contribution < 1.29 is 4.79 Å². The second-order valence-electron chi connectivity index (χ2n) is 2.07. The maximum absolute atomic E-state index is 11.0. The van der Waals surface area contributed by atoms with Gasteiger partial charge in [-0.05, 0) is 6.08 Å². The maximum atomic E-state index is 11.0. The smallest absolute Gasteiger partial charge is 0.301 e. The van der Waals surface area contributed by atoms with Gasteiger partial charge in [0.1, 0.15) is 0 Å². The summed E-state index contributed by atoms with van der Waals surface area (Å²) < 4.78 is 0. The topological polar surface area (TPSA) is 80.2 Å². The second-order valence-corrected chi connectivity index (χ2v) is 2.07. The van der Waals surface area contributed by atoms with E-state index in [4.69, 9.17) is 5.73 Å². The molecule has 1 amide bonds. The molecule has 2 aliphatic heterocycles. The van der Waals surface area contributed by atoms with Crippen molar-refractivity contribution in [2.45, 2.75) is 0 Å². The SMILES string of the molecule is NC1=NC(=O)C2=NC=CC2=N1. The zero-order valence-corrected chi connectivity index (χ0v) is 5.48. The van der Waals surface area contributed by atoms with Crippen LogP contribution in [0.1, 0.15) is 0 Å². The number of aliphatic imine (C=N–C) groups is 3. The van der Waals surface area contributed by atoms with Gasteiger partial charge in [-0.15, -0.1) is 0 Å². The van der Waals surface area contributed by atoms with Crippen LogP contribution in [0.25, 0.3) is 0 Å². The van der Waals surface area contributed by atoms with Crippen LogP contribution in [0.3, 0.4) is 0 Å². The predicted molar refractivity (Wildman–Crippen MR) is 40.6 cm³/mol. The summed E-state index contributed by atoms with van der Waals surface area (Å²) in [6, 6.07) is 0. The van der Waals surface area contributed by atoms with Gasteiger partial charge in [-0.1, -0.05) is 0 Å². The van der Waals surface area contributed by atoms with Gasteiger partial charge in [0.05, 0.1) is 5.71 Å². The Labute approximate surface area is 62.1 Å². The van der Waals surface area contributed by atoms with Crippen LogP contribution < -0.4 is 5.73 Å². The number of fused-ring (bicyclic) bond motifs is 1. The Morgan fingerprint density at radius 3 is 3.00 bits per heavy atom. The van der Waals surface area contributed by atoms with Crippen LogP contribution in [0, 0.1) is 0 Å². The van der Waals surface area contributed by atoms with Crippen molar-refractivity contribution in [3.8, 4) is 0 Å². The van der Waals surface area contributed by atoms with Crippen LogP contribution in [-0.2, 0) is 4.79 Å². The summed E-state index contributed by atoms with van der Waals surface area (Å²) >= 11 is 0. The van der Waals surface area contributed by atoms with Crippen molar-refractivity contribution in [2.24, 2.45) is 20.7 Å². The van der Waals surface area contributed by atoms with Gasteiger partial charge in [-0.2, -0.15) is 4.99 Å². The fraction of sp³-hybridized carbons (Fsp3) is 0. The molecule has 5 nitrogen and oxygen atoms in total. The molecular weight excluding hydrogens is 144 g/mol. The van der Waals surface area contributed by atoms with Crippen LogP contribution in [0.5, 0.6) is 0 Å². The van der Waals surface area contributed by atoms with Crippen molar-refractivity contribution in [1.82, 2.24) is 0 Å². The van der Waals surface area contributed by atoms with E-state index in [1.54, 1.807) is 6.08 Å². The van der Waals surface area contributed by atoms with Gasteiger partial charge < -0.3 is 5.73 Å². The first-order chi connectivity index (χ1) is 5.27. The molecule has 2 heterocycles. The molecule has 0 aliphatic carbocycles. The average Bonchev–Trinajstić information content (AvgIpc) is 2.34. The number of nitrogens with two attached hydrogens (primary N) is 1. The molecule has 0 aromatic carbocycles. The average molecular weight is 148 g/mol. The first-order valence-corrected chi connectivity index (χ1v) is 2.99. The van der Waals surface area contributed by atoms with Gasteiger partial charge in [-0.25, -0.2) is 9.98 Å². The molecule has 2 aliphatic rings. The van der Waals surface area contributed by atoms with Crippen LogP contribution in [0.15, 0.2) is 27.3 Å². The zero-order chi connectivity index (χ0) is 7.84. The number of carbonyl (C=O) groups excluding carboxylic acids is 1. The van der Waals surface area contributed by atoms with Gasteiger partial charge in [0.2, 0.25) is 5.96 Å². The quantitative estimate of drug-likeness (QED) is 0.490. The van der Waals surface area contributed by atoms with Crippen LogP contribution in [-0.4, -0.2) is 23.3 Å². The monoisotopic (exact) mass is 148 g/mol. The predicted octanol–water partition coefficient (Wildman–Crippen LogP) is -0.749. The highest BCUT2D eigenvalue weighted by molar-refractivity contribution is 6.72. The lowest BCUT2D eigenvalue weighted by Gasteiger charge is -2.02. The molecular formula is C6H4N4O. The summed E-state index contributed by atoms with van der Waals surface area (Å²) in [5, 5.41) is 0. The molecule has 2 rings (SSSR count). The van der Waals surface area contributed by atoms with Crippen molar-refractivity contribution in [1.29, 1.82) is 0 Å². The van der Waals surface area contributed by atoms with Crippen molar-refractivity contribution in [3.05, 3.63) is 12.3 Å². The first kappa shape index (κ1) is 5.96. The standard InChI is InChI=1S/C6H4N4O/c7-6-9-3-1-2-8-4(3)5(11)10-6/h1-2H,(H2,7,10,11). The Balaban J connectivity index is 2.54. The Morgan fingerprint density at radius 2 is 2.18 bits per heavy atom. The third-order valence-corrected chi connectivity index (χ3v) is 1.33. The number of allylic oxidation sites excluding steroid dienone is 1. The molecule has 2 N–H and O–H groups in total. The highest BCUT2D eigenvalue weighted by Gasteiger charge is 2.22. The van der Waals surface area contributed by atoms with E-state index in [9.17, 15) is 4.79 Å². The first-order valence-electron chi connectivity index (χ1n) is 2.99. The molecule has 0 bridgehead atoms. The third kappa shape index (κ3) is 0.778. The van der Waals surface area contributed by atoms with E-state index in [-0.39, 0.29) is 11.7 Å².